The van der Waals surface area contributed by atoms with Gasteiger partial charge in [0, 0.05) is 38.5 Å². The van der Waals surface area contributed by atoms with E-state index in [-0.39, 0.29) is 24.3 Å². The molecular formula is C23H40N4O5. The molecule has 1 saturated carbocycles. The summed E-state index contributed by atoms with van der Waals surface area (Å²) in [5.41, 5.74) is 0.0224. The third-order valence-electron chi connectivity index (χ3n) is 6.76. The largest absolute Gasteiger partial charge is 0.390 e. The van der Waals surface area contributed by atoms with Crippen LogP contribution in [0.25, 0.3) is 0 Å². The Morgan fingerprint density at radius 1 is 1.22 bits per heavy atom. The lowest BCUT2D eigenvalue weighted by Gasteiger charge is -2.49. The van der Waals surface area contributed by atoms with Crippen LogP contribution < -0.4 is 16.0 Å². The highest BCUT2D eigenvalue weighted by Crippen LogP contribution is 2.35. The van der Waals surface area contributed by atoms with E-state index >= 15 is 0 Å². The minimum absolute atomic E-state index is 0.00175. The molecule has 1 aromatic heterocycles. The van der Waals surface area contributed by atoms with Crippen molar-refractivity contribution in [1.82, 2.24) is 20.9 Å². The van der Waals surface area contributed by atoms with Crippen molar-refractivity contribution in [3.8, 4) is 0 Å². The second-order valence-corrected chi connectivity index (χ2v) is 9.01. The van der Waals surface area contributed by atoms with Crippen LogP contribution in [0.15, 0.2) is 24.5 Å². The van der Waals surface area contributed by atoms with Gasteiger partial charge in [-0.1, -0.05) is 0 Å². The maximum absolute atomic E-state index is 11.7. The molecule has 0 aromatic carbocycles. The van der Waals surface area contributed by atoms with E-state index in [1.165, 1.54) is 5.56 Å². The van der Waals surface area contributed by atoms with Crippen LogP contribution in [-0.2, 0) is 20.6 Å². The zero-order valence-electron chi connectivity index (χ0n) is 19.7. The Balaban J connectivity index is 1.68. The van der Waals surface area contributed by atoms with Gasteiger partial charge in [-0.15, -0.1) is 0 Å². The smallest absolute Gasteiger partial charge is 0.186 e. The van der Waals surface area contributed by atoms with E-state index in [1.54, 1.807) is 19.5 Å². The first-order chi connectivity index (χ1) is 15.4. The molecule has 0 bridgehead atoms. The highest BCUT2D eigenvalue weighted by molar-refractivity contribution is 5.10. The van der Waals surface area contributed by atoms with Crippen molar-refractivity contribution in [2.75, 3.05) is 34.3 Å². The van der Waals surface area contributed by atoms with Gasteiger partial charge in [-0.2, -0.15) is 0 Å². The van der Waals surface area contributed by atoms with Gasteiger partial charge in [0.05, 0.1) is 24.4 Å². The second kappa shape index (κ2) is 11.8. The normalized spacial score (nSPS) is 38.0. The van der Waals surface area contributed by atoms with Crippen LogP contribution in [0, 0.1) is 0 Å². The van der Waals surface area contributed by atoms with E-state index in [0.717, 1.165) is 25.8 Å². The maximum atomic E-state index is 11.7. The molecule has 32 heavy (non-hydrogen) atoms. The minimum atomic E-state index is -1.17. The Kier molecular flexibility index (Phi) is 9.39. The lowest BCUT2D eigenvalue weighted by atomic mass is 9.83. The number of nitrogens with one attached hydrogen (secondary N) is 3. The number of aliphatic hydroxyl groups excluding tert-OH is 1. The number of hydrogen-bond acceptors (Lipinski definition) is 9. The fraction of sp³-hybridized carbons (Fsp3) is 0.783. The number of likely N-dealkylation sites (N-methyl/N-ethyl adjacent to an activating group) is 2. The van der Waals surface area contributed by atoms with Crippen LogP contribution in [0.2, 0.25) is 0 Å². The summed E-state index contributed by atoms with van der Waals surface area (Å²) in [5.74, 6) is 0. The number of nitrogens with zero attached hydrogens (tertiary/aromatic N) is 1. The third-order valence-corrected chi connectivity index (χ3v) is 6.76. The molecule has 0 radical (unpaired) electrons. The lowest BCUT2D eigenvalue weighted by Crippen LogP contribution is -2.66. The van der Waals surface area contributed by atoms with E-state index in [4.69, 9.17) is 14.2 Å². The molecule has 7 unspecified atom stereocenters. The molecule has 0 spiro atoms. The summed E-state index contributed by atoms with van der Waals surface area (Å²) < 4.78 is 18.0. The van der Waals surface area contributed by atoms with Crippen molar-refractivity contribution in [1.29, 1.82) is 0 Å². The van der Waals surface area contributed by atoms with Gasteiger partial charge in [-0.3, -0.25) is 4.98 Å². The van der Waals surface area contributed by atoms with Gasteiger partial charge in [0.2, 0.25) is 0 Å². The van der Waals surface area contributed by atoms with Crippen LogP contribution in [0.3, 0.4) is 0 Å². The topological polar surface area (TPSA) is 117 Å². The van der Waals surface area contributed by atoms with Gasteiger partial charge in [0.15, 0.2) is 6.29 Å². The van der Waals surface area contributed by atoms with Crippen LogP contribution in [0.1, 0.15) is 31.7 Å². The average molecular weight is 453 g/mol. The predicted octanol–water partition coefficient (Wildman–Crippen LogP) is -0.189. The maximum Gasteiger partial charge on any atom is 0.186 e. The Labute approximate surface area is 191 Å². The van der Waals surface area contributed by atoms with Gasteiger partial charge < -0.3 is 40.4 Å². The van der Waals surface area contributed by atoms with Crippen molar-refractivity contribution < 1.29 is 24.4 Å². The van der Waals surface area contributed by atoms with Crippen LogP contribution in [0.5, 0.6) is 0 Å². The average Bonchev–Trinajstić information content (AvgIpc) is 2.79. The SMILES string of the molecule is CNC1CCC(OC2C(OC)O[C@H](C)CC2(O)CNCCc2ccncc2)C(NC)C1O. The summed E-state index contributed by atoms with van der Waals surface area (Å²) in [4.78, 5) is 4.05. The summed E-state index contributed by atoms with van der Waals surface area (Å²) in [6, 6.07) is 3.72. The first kappa shape index (κ1) is 25.5. The van der Waals surface area contributed by atoms with Crippen LogP contribution in [-0.4, -0.2) is 97.9 Å². The molecule has 2 aliphatic rings. The Morgan fingerprint density at radius 3 is 2.62 bits per heavy atom. The van der Waals surface area contributed by atoms with Gasteiger partial charge >= 0.3 is 0 Å². The standard InChI is InChI=1S/C23H40N4O5/c1-15-13-23(29,14-27-12-9-16-7-10-26-11-8-16)21(22(30-4)31-15)32-18-6-5-17(24-2)20(28)19(18)25-3/h7-8,10-11,15,17-22,24-25,27-29H,5-6,9,12-14H2,1-4H3/t15-,17?,18?,19?,20?,21?,22?,23?/m1/s1. The summed E-state index contributed by atoms with van der Waals surface area (Å²) in [5, 5.41) is 32.2. The highest BCUT2D eigenvalue weighted by atomic mass is 16.7. The highest BCUT2D eigenvalue weighted by Gasteiger charge is 2.51. The molecular weight excluding hydrogens is 412 g/mol. The Morgan fingerprint density at radius 2 is 1.97 bits per heavy atom. The number of aliphatic hydroxyl groups is 2. The second-order valence-electron chi connectivity index (χ2n) is 9.01. The molecule has 1 saturated heterocycles. The van der Waals surface area contributed by atoms with Gasteiger partial charge in [0.25, 0.3) is 0 Å². The first-order valence-electron chi connectivity index (χ1n) is 11.6. The van der Waals surface area contributed by atoms with Crippen molar-refractivity contribution in [2.24, 2.45) is 0 Å². The summed E-state index contributed by atoms with van der Waals surface area (Å²) in [7, 11) is 5.25. The predicted molar refractivity (Wildman–Crippen MR) is 121 cm³/mol. The molecule has 5 N–H and O–H groups in total. The molecule has 2 fully saturated rings. The fourth-order valence-corrected chi connectivity index (χ4v) is 5.02. The molecule has 3 rings (SSSR count). The third kappa shape index (κ3) is 6.03. The lowest BCUT2D eigenvalue weighted by molar-refractivity contribution is -0.307. The van der Waals surface area contributed by atoms with E-state index in [0.29, 0.717) is 13.0 Å². The minimum Gasteiger partial charge on any atom is -0.390 e. The van der Waals surface area contributed by atoms with Gasteiger partial charge in [-0.05, 0) is 64.5 Å². The molecule has 1 aliphatic carbocycles. The summed E-state index contributed by atoms with van der Waals surface area (Å²) in [6.07, 6.45) is 3.95. The molecule has 9 heteroatoms. The molecule has 9 nitrogen and oxygen atoms in total. The number of pyridine rings is 1. The van der Waals surface area contributed by atoms with E-state index in [9.17, 15) is 10.2 Å². The molecule has 2 heterocycles. The van der Waals surface area contributed by atoms with Crippen LogP contribution >= 0.6 is 0 Å². The fourth-order valence-electron chi connectivity index (χ4n) is 5.02. The van der Waals surface area contributed by atoms with E-state index in [1.807, 2.05) is 33.2 Å². The quantitative estimate of drug-likeness (QED) is 0.308. The van der Waals surface area contributed by atoms with Crippen molar-refractivity contribution in [3.05, 3.63) is 30.1 Å². The number of rotatable bonds is 10. The molecule has 0 amide bonds. The summed E-state index contributed by atoms with van der Waals surface area (Å²) >= 11 is 0. The molecule has 1 aliphatic heterocycles. The molecule has 182 valence electrons. The van der Waals surface area contributed by atoms with Crippen LogP contribution in [0.4, 0.5) is 0 Å². The van der Waals surface area contributed by atoms with E-state index in [2.05, 4.69) is 20.9 Å². The number of ether oxygens (including phenoxy) is 3. The Bertz CT molecular complexity index is 684. The van der Waals surface area contributed by atoms with Gasteiger partial charge in [-0.25, -0.2) is 0 Å². The van der Waals surface area contributed by atoms with Gasteiger partial charge in [0.1, 0.15) is 11.7 Å². The molecule has 1 aromatic rings. The van der Waals surface area contributed by atoms with Crippen molar-refractivity contribution in [3.63, 3.8) is 0 Å². The number of hydrogen-bond donors (Lipinski definition) is 5. The van der Waals surface area contributed by atoms with E-state index < -0.39 is 24.1 Å². The summed E-state index contributed by atoms with van der Waals surface area (Å²) in [6.45, 7) is 3.01. The number of aromatic nitrogens is 1. The zero-order valence-corrected chi connectivity index (χ0v) is 19.7. The zero-order chi connectivity index (χ0) is 23.1. The van der Waals surface area contributed by atoms with Crippen molar-refractivity contribution >= 4 is 0 Å². The van der Waals surface area contributed by atoms with Crippen molar-refractivity contribution in [2.45, 2.75) is 81.0 Å². The monoisotopic (exact) mass is 452 g/mol. The number of methoxy groups -OCH3 is 1. The Hall–Kier alpha value is -1.17. The molecule has 8 atom stereocenters. The first-order valence-corrected chi connectivity index (χ1v) is 11.6.